The fraction of sp³-hybridized carbons (Fsp3) is 0.611. The predicted octanol–water partition coefficient (Wildman–Crippen LogP) is 3.90. The third-order valence-electron chi connectivity index (χ3n) is 5.05. The van der Waals surface area contributed by atoms with Crippen LogP contribution in [-0.2, 0) is 0 Å². The zero-order valence-corrected chi connectivity index (χ0v) is 13.3. The van der Waals surface area contributed by atoms with Crippen LogP contribution in [0.1, 0.15) is 50.7 Å². The number of hydrogen-bond acceptors (Lipinski definition) is 3. The molecule has 1 saturated carbocycles. The second-order valence-corrected chi connectivity index (χ2v) is 6.51. The highest BCUT2D eigenvalue weighted by atomic mass is 16.3. The van der Waals surface area contributed by atoms with Gasteiger partial charge in [-0.05, 0) is 49.3 Å². The van der Waals surface area contributed by atoms with Crippen LogP contribution >= 0.6 is 0 Å². The van der Waals surface area contributed by atoms with E-state index in [-0.39, 0.29) is 0 Å². The highest BCUT2D eigenvalue weighted by Crippen LogP contribution is 2.47. The molecule has 1 aliphatic carbocycles. The molecule has 2 rings (SSSR count). The Labute approximate surface area is 128 Å². The SMILES string of the molecule is CCC1CCC(C#N)(C(O)c2ccc(N(C)C)cc2)CC1. The molecule has 0 aromatic heterocycles. The van der Waals surface area contributed by atoms with Crippen LogP contribution in [0.5, 0.6) is 0 Å². The topological polar surface area (TPSA) is 47.3 Å². The van der Waals surface area contributed by atoms with E-state index < -0.39 is 11.5 Å². The van der Waals surface area contributed by atoms with Crippen molar-refractivity contribution in [3.63, 3.8) is 0 Å². The molecule has 1 aliphatic rings. The van der Waals surface area contributed by atoms with Crippen LogP contribution in [0.2, 0.25) is 0 Å². The van der Waals surface area contributed by atoms with Gasteiger partial charge in [0.25, 0.3) is 0 Å². The third kappa shape index (κ3) is 3.22. The Balaban J connectivity index is 2.17. The van der Waals surface area contributed by atoms with E-state index in [1.165, 1.54) is 6.42 Å². The molecule has 114 valence electrons. The molecule has 21 heavy (non-hydrogen) atoms. The molecule has 0 amide bonds. The summed E-state index contributed by atoms with van der Waals surface area (Å²) in [7, 11) is 3.99. The number of benzene rings is 1. The van der Waals surface area contributed by atoms with Gasteiger partial charge in [0.2, 0.25) is 0 Å². The van der Waals surface area contributed by atoms with E-state index in [0.717, 1.165) is 42.9 Å². The van der Waals surface area contributed by atoms with Crippen molar-refractivity contribution >= 4 is 5.69 Å². The van der Waals surface area contributed by atoms with Crippen molar-refractivity contribution in [2.45, 2.75) is 45.1 Å². The van der Waals surface area contributed by atoms with Crippen molar-refractivity contribution in [2.75, 3.05) is 19.0 Å². The quantitative estimate of drug-likeness (QED) is 0.913. The maximum Gasteiger partial charge on any atom is 0.0976 e. The maximum absolute atomic E-state index is 10.7. The van der Waals surface area contributed by atoms with Gasteiger partial charge in [-0.15, -0.1) is 0 Å². The molecule has 3 heteroatoms. The summed E-state index contributed by atoms with van der Waals surface area (Å²) in [4.78, 5) is 2.03. The average Bonchev–Trinajstić information content (AvgIpc) is 2.54. The van der Waals surface area contributed by atoms with E-state index in [4.69, 9.17) is 0 Å². The van der Waals surface area contributed by atoms with Crippen molar-refractivity contribution in [1.29, 1.82) is 5.26 Å². The van der Waals surface area contributed by atoms with Gasteiger partial charge in [0.05, 0.1) is 17.6 Å². The summed E-state index contributed by atoms with van der Waals surface area (Å²) in [6, 6.07) is 10.3. The lowest BCUT2D eigenvalue weighted by atomic mass is 9.66. The molecule has 1 fully saturated rings. The van der Waals surface area contributed by atoms with Crippen LogP contribution in [0.4, 0.5) is 5.69 Å². The summed E-state index contributed by atoms with van der Waals surface area (Å²) in [5, 5.41) is 20.4. The number of hydrogen-bond donors (Lipinski definition) is 1. The van der Waals surface area contributed by atoms with E-state index in [9.17, 15) is 10.4 Å². The molecule has 0 spiro atoms. The van der Waals surface area contributed by atoms with Gasteiger partial charge in [-0.25, -0.2) is 0 Å². The number of aliphatic hydroxyl groups excluding tert-OH is 1. The minimum Gasteiger partial charge on any atom is -0.387 e. The number of rotatable bonds is 4. The van der Waals surface area contributed by atoms with Crippen molar-refractivity contribution in [1.82, 2.24) is 0 Å². The molecule has 0 aliphatic heterocycles. The Morgan fingerprint density at radius 2 is 1.86 bits per heavy atom. The molecule has 1 aromatic carbocycles. The molecule has 1 atom stereocenters. The van der Waals surface area contributed by atoms with Gasteiger partial charge < -0.3 is 10.0 Å². The molecule has 0 saturated heterocycles. The van der Waals surface area contributed by atoms with E-state index >= 15 is 0 Å². The highest BCUT2D eigenvalue weighted by Gasteiger charge is 2.42. The van der Waals surface area contributed by atoms with Crippen LogP contribution in [0, 0.1) is 22.7 Å². The first-order chi connectivity index (χ1) is 10.0. The lowest BCUT2D eigenvalue weighted by Gasteiger charge is -2.38. The fourth-order valence-electron chi connectivity index (χ4n) is 3.32. The Hall–Kier alpha value is -1.53. The Bertz CT molecular complexity index is 493. The minimum atomic E-state index is -0.684. The van der Waals surface area contributed by atoms with Gasteiger partial charge in [0.15, 0.2) is 0 Å². The Kier molecular flexibility index (Phi) is 4.90. The van der Waals surface area contributed by atoms with Gasteiger partial charge in [-0.2, -0.15) is 5.26 Å². The van der Waals surface area contributed by atoms with Gasteiger partial charge in [-0.3, -0.25) is 0 Å². The summed E-state index contributed by atoms with van der Waals surface area (Å²) < 4.78 is 0. The summed E-state index contributed by atoms with van der Waals surface area (Å²) in [6.45, 7) is 2.21. The van der Waals surface area contributed by atoms with Crippen LogP contribution in [0.3, 0.4) is 0 Å². The van der Waals surface area contributed by atoms with E-state index in [0.29, 0.717) is 0 Å². The molecular weight excluding hydrogens is 260 g/mol. The number of aliphatic hydroxyl groups is 1. The molecule has 1 unspecified atom stereocenters. The lowest BCUT2D eigenvalue weighted by Crippen LogP contribution is -2.32. The number of nitriles is 1. The largest absolute Gasteiger partial charge is 0.387 e. The lowest BCUT2D eigenvalue weighted by molar-refractivity contribution is 0.0243. The smallest absolute Gasteiger partial charge is 0.0976 e. The average molecular weight is 286 g/mol. The van der Waals surface area contributed by atoms with Crippen molar-refractivity contribution < 1.29 is 5.11 Å². The van der Waals surface area contributed by atoms with Crippen LogP contribution in [-0.4, -0.2) is 19.2 Å². The zero-order chi connectivity index (χ0) is 15.5. The molecule has 1 aromatic rings. The monoisotopic (exact) mass is 286 g/mol. The van der Waals surface area contributed by atoms with Crippen molar-refractivity contribution in [3.8, 4) is 6.07 Å². The van der Waals surface area contributed by atoms with E-state index in [1.54, 1.807) is 0 Å². The molecule has 0 heterocycles. The van der Waals surface area contributed by atoms with Crippen LogP contribution < -0.4 is 4.90 Å². The first kappa shape index (κ1) is 15.9. The first-order valence-electron chi connectivity index (χ1n) is 7.89. The van der Waals surface area contributed by atoms with Crippen molar-refractivity contribution in [3.05, 3.63) is 29.8 Å². The first-order valence-corrected chi connectivity index (χ1v) is 7.89. The molecule has 0 bridgehead atoms. The second-order valence-electron chi connectivity index (χ2n) is 6.51. The van der Waals surface area contributed by atoms with E-state index in [1.807, 2.05) is 43.3 Å². The van der Waals surface area contributed by atoms with Crippen molar-refractivity contribution in [2.24, 2.45) is 11.3 Å². The predicted molar refractivity (Wildman–Crippen MR) is 86.0 cm³/mol. The second kappa shape index (κ2) is 6.49. The molecule has 0 radical (unpaired) electrons. The summed E-state index contributed by atoms with van der Waals surface area (Å²) in [5.41, 5.74) is 1.36. The van der Waals surface area contributed by atoms with E-state index in [2.05, 4.69) is 13.0 Å². The van der Waals surface area contributed by atoms with Gasteiger partial charge in [0.1, 0.15) is 0 Å². The molecular formula is C18H26N2O. The fourth-order valence-corrected chi connectivity index (χ4v) is 3.32. The summed E-state index contributed by atoms with van der Waals surface area (Å²) >= 11 is 0. The zero-order valence-electron chi connectivity index (χ0n) is 13.3. The highest BCUT2D eigenvalue weighted by molar-refractivity contribution is 5.46. The summed E-state index contributed by atoms with van der Waals surface area (Å²) in [6.07, 6.45) is 4.21. The van der Waals surface area contributed by atoms with Crippen LogP contribution in [0.25, 0.3) is 0 Å². The Morgan fingerprint density at radius 3 is 2.29 bits per heavy atom. The molecule has 3 nitrogen and oxygen atoms in total. The summed E-state index contributed by atoms with van der Waals surface area (Å²) in [5.74, 6) is 0.717. The normalized spacial score (nSPS) is 26.9. The minimum absolute atomic E-state index is 0.606. The van der Waals surface area contributed by atoms with Gasteiger partial charge in [0, 0.05) is 19.8 Å². The van der Waals surface area contributed by atoms with Gasteiger partial charge >= 0.3 is 0 Å². The number of nitrogens with zero attached hydrogens (tertiary/aromatic N) is 2. The standard InChI is InChI=1S/C18H26N2O/c1-4-14-9-11-18(13-19,12-10-14)17(21)15-5-7-16(8-6-15)20(2)3/h5-8,14,17,21H,4,9-12H2,1-3H3. The maximum atomic E-state index is 10.7. The molecule has 1 N–H and O–H groups in total. The number of anilines is 1. The third-order valence-corrected chi connectivity index (χ3v) is 5.05. The Morgan fingerprint density at radius 1 is 1.29 bits per heavy atom. The van der Waals surface area contributed by atoms with Gasteiger partial charge in [-0.1, -0.05) is 25.5 Å². The van der Waals surface area contributed by atoms with Crippen LogP contribution in [0.15, 0.2) is 24.3 Å².